The largest absolute Gasteiger partial charge is 0.376 e. The highest BCUT2D eigenvalue weighted by Crippen LogP contribution is 2.20. The van der Waals surface area contributed by atoms with Crippen molar-refractivity contribution in [3.05, 3.63) is 52.5 Å². The zero-order chi connectivity index (χ0) is 11.7. The fourth-order valence-corrected chi connectivity index (χ4v) is 2.05. The second-order valence-electron chi connectivity index (χ2n) is 3.83. The van der Waals surface area contributed by atoms with Gasteiger partial charge in [-0.25, -0.2) is 9.13 Å². The van der Waals surface area contributed by atoms with Crippen LogP contribution in [0.4, 0.5) is 0 Å². The molecular weight excluding hydrogens is 268 g/mol. The van der Waals surface area contributed by atoms with Gasteiger partial charge in [0.1, 0.15) is 12.4 Å². The van der Waals surface area contributed by atoms with Gasteiger partial charge in [0.05, 0.1) is 14.1 Å². The molecule has 1 atom stereocenters. The number of benzene rings is 1. The summed E-state index contributed by atoms with van der Waals surface area (Å²) in [6.45, 7) is 0. The average molecular weight is 282 g/mol. The second kappa shape index (κ2) is 4.39. The molecule has 1 aromatic heterocycles. The van der Waals surface area contributed by atoms with Gasteiger partial charge in [0.2, 0.25) is 0 Å². The maximum atomic E-state index is 10.3. The molecule has 1 heterocycles. The first-order chi connectivity index (χ1) is 7.59. The summed E-state index contributed by atoms with van der Waals surface area (Å²) >= 11 is 3.38. The lowest BCUT2D eigenvalue weighted by atomic mass is 10.1. The van der Waals surface area contributed by atoms with Gasteiger partial charge in [-0.05, 0) is 17.7 Å². The summed E-state index contributed by atoms with van der Waals surface area (Å²) in [6.07, 6.45) is 3.26. The van der Waals surface area contributed by atoms with Crippen molar-refractivity contribution in [3.8, 4) is 0 Å². The van der Waals surface area contributed by atoms with E-state index in [9.17, 15) is 5.11 Å². The Hall–Kier alpha value is -1.13. The summed E-state index contributed by atoms with van der Waals surface area (Å²) in [5, 5.41) is 10.3. The summed E-state index contributed by atoms with van der Waals surface area (Å²) < 4.78 is 4.86. The van der Waals surface area contributed by atoms with Crippen LogP contribution in [-0.4, -0.2) is 9.67 Å². The molecule has 0 aliphatic carbocycles. The lowest BCUT2D eigenvalue weighted by Crippen LogP contribution is -2.34. The van der Waals surface area contributed by atoms with E-state index >= 15 is 0 Å². The molecule has 0 aliphatic heterocycles. The Morgan fingerprint density at radius 1 is 1.31 bits per heavy atom. The van der Waals surface area contributed by atoms with E-state index in [2.05, 4.69) is 15.9 Å². The molecule has 1 aromatic carbocycles. The number of imidazole rings is 1. The number of rotatable bonds is 2. The van der Waals surface area contributed by atoms with Crippen LogP contribution in [0.5, 0.6) is 0 Å². The van der Waals surface area contributed by atoms with Gasteiger partial charge in [-0.15, -0.1) is 0 Å². The summed E-state index contributed by atoms with van der Waals surface area (Å²) in [5.41, 5.74) is 0.889. The van der Waals surface area contributed by atoms with Crippen LogP contribution in [0.2, 0.25) is 0 Å². The molecule has 0 aliphatic rings. The van der Waals surface area contributed by atoms with Crippen molar-refractivity contribution >= 4 is 15.9 Å². The molecule has 0 saturated carbocycles. The van der Waals surface area contributed by atoms with Gasteiger partial charge in [-0.1, -0.05) is 28.1 Å². The van der Waals surface area contributed by atoms with E-state index in [1.54, 1.807) is 0 Å². The molecule has 0 bridgehead atoms. The van der Waals surface area contributed by atoms with Crippen LogP contribution < -0.4 is 4.57 Å². The molecule has 0 saturated heterocycles. The van der Waals surface area contributed by atoms with E-state index < -0.39 is 6.10 Å². The Morgan fingerprint density at radius 3 is 2.44 bits per heavy atom. The molecule has 2 aromatic rings. The van der Waals surface area contributed by atoms with Crippen molar-refractivity contribution in [1.82, 2.24) is 4.57 Å². The molecular formula is C12H14BrN2O+. The van der Waals surface area contributed by atoms with Gasteiger partial charge in [-0.3, -0.25) is 0 Å². The highest BCUT2D eigenvalue weighted by molar-refractivity contribution is 9.10. The van der Waals surface area contributed by atoms with Crippen LogP contribution in [0.3, 0.4) is 0 Å². The normalized spacial score (nSPS) is 12.8. The van der Waals surface area contributed by atoms with Crippen LogP contribution in [0.1, 0.15) is 17.5 Å². The first kappa shape index (κ1) is 11.4. The number of halogens is 1. The average Bonchev–Trinajstić information content (AvgIpc) is 2.59. The third-order valence-corrected chi connectivity index (χ3v) is 3.20. The first-order valence-electron chi connectivity index (χ1n) is 5.04. The lowest BCUT2D eigenvalue weighted by molar-refractivity contribution is -0.681. The minimum Gasteiger partial charge on any atom is -0.376 e. The Bertz CT molecular complexity index is 471. The van der Waals surface area contributed by atoms with E-state index in [1.165, 1.54) is 0 Å². The fourth-order valence-electron chi connectivity index (χ4n) is 1.78. The van der Waals surface area contributed by atoms with Crippen molar-refractivity contribution in [3.63, 3.8) is 0 Å². The van der Waals surface area contributed by atoms with Gasteiger partial charge in [0.25, 0.3) is 5.82 Å². The quantitative estimate of drug-likeness (QED) is 0.834. The molecule has 1 unspecified atom stereocenters. The molecule has 4 heteroatoms. The minimum atomic E-state index is -0.599. The molecule has 3 nitrogen and oxygen atoms in total. The number of hydrogen-bond donors (Lipinski definition) is 1. The number of aryl methyl sites for hydroxylation is 2. The monoisotopic (exact) mass is 281 g/mol. The Labute approximate surface area is 103 Å². The third kappa shape index (κ3) is 2.03. The second-order valence-corrected chi connectivity index (χ2v) is 4.75. The minimum absolute atomic E-state index is 0.599. The number of aromatic nitrogens is 2. The fraction of sp³-hybridized carbons (Fsp3) is 0.250. The lowest BCUT2D eigenvalue weighted by Gasteiger charge is -2.08. The van der Waals surface area contributed by atoms with Crippen molar-refractivity contribution in [2.24, 2.45) is 14.1 Å². The van der Waals surface area contributed by atoms with E-state index in [0.717, 1.165) is 15.9 Å². The molecule has 0 spiro atoms. The van der Waals surface area contributed by atoms with Gasteiger partial charge in [0.15, 0.2) is 6.10 Å². The Kier molecular flexibility index (Phi) is 3.12. The number of nitrogens with zero attached hydrogens (tertiary/aromatic N) is 2. The van der Waals surface area contributed by atoms with E-state index in [4.69, 9.17) is 0 Å². The molecule has 1 N–H and O–H groups in total. The molecule has 16 heavy (non-hydrogen) atoms. The van der Waals surface area contributed by atoms with Crippen LogP contribution in [0, 0.1) is 0 Å². The molecule has 0 radical (unpaired) electrons. The summed E-state index contributed by atoms with van der Waals surface area (Å²) in [6, 6.07) is 7.70. The maximum Gasteiger partial charge on any atom is 0.290 e. The summed E-state index contributed by atoms with van der Waals surface area (Å²) in [5.74, 6) is 0.863. The third-order valence-electron chi connectivity index (χ3n) is 2.67. The SMILES string of the molecule is Cn1cc[n+](C)c1C(O)c1ccc(Br)cc1. The maximum absolute atomic E-state index is 10.3. The van der Waals surface area contributed by atoms with Crippen LogP contribution >= 0.6 is 15.9 Å². The van der Waals surface area contributed by atoms with Crippen molar-refractivity contribution in [1.29, 1.82) is 0 Å². The van der Waals surface area contributed by atoms with Gasteiger partial charge >= 0.3 is 0 Å². The van der Waals surface area contributed by atoms with Crippen LogP contribution in [0.25, 0.3) is 0 Å². The predicted octanol–water partition coefficient (Wildman–Crippen LogP) is 1.69. The van der Waals surface area contributed by atoms with Crippen LogP contribution in [0.15, 0.2) is 41.1 Å². The van der Waals surface area contributed by atoms with Crippen molar-refractivity contribution < 1.29 is 9.67 Å². The molecule has 84 valence electrons. The summed E-state index contributed by atoms with van der Waals surface area (Å²) in [7, 11) is 3.86. The number of aliphatic hydroxyl groups excluding tert-OH is 1. The standard InChI is InChI=1S/C12H14BrN2O/c1-14-7-8-15(2)12(14)11(16)9-3-5-10(13)6-4-9/h3-8,11,16H,1-2H3/q+1. The number of hydrogen-bond acceptors (Lipinski definition) is 1. The Balaban J connectivity index is 2.39. The van der Waals surface area contributed by atoms with E-state index in [1.807, 2.05) is 59.9 Å². The topological polar surface area (TPSA) is 29.0 Å². The number of aliphatic hydroxyl groups is 1. The smallest absolute Gasteiger partial charge is 0.290 e. The Morgan fingerprint density at radius 2 is 1.94 bits per heavy atom. The molecule has 0 amide bonds. The summed E-state index contributed by atoms with van der Waals surface area (Å²) in [4.78, 5) is 0. The zero-order valence-electron chi connectivity index (χ0n) is 9.26. The highest BCUT2D eigenvalue weighted by Gasteiger charge is 2.23. The van der Waals surface area contributed by atoms with Crippen LogP contribution in [-0.2, 0) is 14.1 Å². The molecule has 0 fully saturated rings. The highest BCUT2D eigenvalue weighted by atomic mass is 79.9. The molecule has 2 rings (SSSR count). The van der Waals surface area contributed by atoms with Gasteiger partial charge in [0, 0.05) is 4.47 Å². The van der Waals surface area contributed by atoms with E-state index in [-0.39, 0.29) is 0 Å². The van der Waals surface area contributed by atoms with Gasteiger partial charge in [-0.2, -0.15) is 0 Å². The van der Waals surface area contributed by atoms with E-state index in [0.29, 0.717) is 0 Å². The first-order valence-corrected chi connectivity index (χ1v) is 5.83. The zero-order valence-corrected chi connectivity index (χ0v) is 10.8. The predicted molar refractivity (Wildman–Crippen MR) is 64.8 cm³/mol. The van der Waals surface area contributed by atoms with Crippen molar-refractivity contribution in [2.45, 2.75) is 6.10 Å². The van der Waals surface area contributed by atoms with Crippen molar-refractivity contribution in [2.75, 3.05) is 0 Å². The van der Waals surface area contributed by atoms with Gasteiger partial charge < -0.3 is 5.11 Å².